The predicted molar refractivity (Wildman–Crippen MR) is 140 cm³/mol. The molecule has 0 amide bonds. The van der Waals surface area contributed by atoms with Crippen LogP contribution in [0.1, 0.15) is 74.9 Å². The van der Waals surface area contributed by atoms with Gasteiger partial charge in [-0.1, -0.05) is 50.4 Å². The number of aliphatic hydroxyl groups excluding tert-OH is 1. The molecule has 1 fully saturated rings. The minimum Gasteiger partial charge on any atom is -0.512 e. The molecule has 5 rings (SSSR count). The number of carbonyl (C=O) groups is 1. The van der Waals surface area contributed by atoms with Gasteiger partial charge in [0.05, 0.1) is 23.0 Å². The third kappa shape index (κ3) is 5.04. The highest BCUT2D eigenvalue weighted by molar-refractivity contribution is 6.30. The number of phenolic OH excluding ortho intramolecular Hbond substituents is 1. The molecule has 0 saturated heterocycles. The number of benzene rings is 1. The summed E-state index contributed by atoms with van der Waals surface area (Å²) in [6.07, 6.45) is 10.4. The van der Waals surface area contributed by atoms with Gasteiger partial charge in [0, 0.05) is 12.8 Å². The van der Waals surface area contributed by atoms with Crippen LogP contribution in [0, 0.1) is 5.92 Å². The summed E-state index contributed by atoms with van der Waals surface area (Å²) in [7, 11) is 0. The van der Waals surface area contributed by atoms with Crippen molar-refractivity contribution in [1.29, 1.82) is 0 Å². The standard InChI is InChI=1S/C28H33ClN4O4/c1-3-18-11-17(12-19(4-2)25(18)35)9-10-28(20-7-5-6-8-20)14-23(34)22(26(36)37-28)13-24-31-27-30-15-21(29)16-33(27)32-24/h11-12,15-16,20,34-35H,3-10,13-14H2,1-2H3. The minimum absolute atomic E-state index is 0.0576. The quantitative estimate of drug-likeness (QED) is 0.376. The Labute approximate surface area is 221 Å². The number of phenols is 1. The van der Waals surface area contributed by atoms with Crippen LogP contribution < -0.4 is 0 Å². The molecular formula is C28H33ClN4O4. The molecule has 0 radical (unpaired) electrons. The molecule has 196 valence electrons. The average molecular weight is 525 g/mol. The van der Waals surface area contributed by atoms with E-state index in [1.807, 2.05) is 13.8 Å². The Morgan fingerprint density at radius 3 is 2.51 bits per heavy atom. The number of cyclic esters (lactones) is 1. The third-order valence-corrected chi connectivity index (χ3v) is 8.12. The number of fused-ring (bicyclic) bond motifs is 1. The lowest BCUT2D eigenvalue weighted by molar-refractivity contribution is -0.167. The van der Waals surface area contributed by atoms with E-state index in [0.29, 0.717) is 35.2 Å². The number of rotatable bonds is 8. The monoisotopic (exact) mass is 524 g/mol. The number of hydrogen-bond donors (Lipinski definition) is 2. The molecule has 1 aromatic carbocycles. The molecule has 2 aromatic heterocycles. The Balaban J connectivity index is 1.41. The van der Waals surface area contributed by atoms with Gasteiger partial charge in [0.15, 0.2) is 5.82 Å². The van der Waals surface area contributed by atoms with Gasteiger partial charge in [0.25, 0.3) is 5.78 Å². The first-order valence-electron chi connectivity index (χ1n) is 13.2. The number of nitrogens with zero attached hydrogens (tertiary/aromatic N) is 4. The van der Waals surface area contributed by atoms with Crippen LogP contribution in [-0.2, 0) is 35.2 Å². The molecule has 3 heterocycles. The summed E-state index contributed by atoms with van der Waals surface area (Å²) >= 11 is 5.99. The van der Waals surface area contributed by atoms with E-state index >= 15 is 0 Å². The Morgan fingerprint density at radius 1 is 1.16 bits per heavy atom. The van der Waals surface area contributed by atoms with E-state index in [2.05, 4.69) is 27.2 Å². The number of aryl methyl sites for hydroxylation is 3. The van der Waals surface area contributed by atoms with Gasteiger partial charge in [0.2, 0.25) is 0 Å². The maximum atomic E-state index is 13.3. The van der Waals surface area contributed by atoms with Crippen molar-refractivity contribution >= 4 is 23.3 Å². The highest BCUT2D eigenvalue weighted by Gasteiger charge is 2.48. The van der Waals surface area contributed by atoms with Gasteiger partial charge >= 0.3 is 5.97 Å². The van der Waals surface area contributed by atoms with Gasteiger partial charge in [0.1, 0.15) is 17.1 Å². The fraction of sp³-hybridized carbons (Fsp3) is 0.500. The molecule has 0 spiro atoms. The van der Waals surface area contributed by atoms with Crippen LogP contribution >= 0.6 is 11.6 Å². The van der Waals surface area contributed by atoms with Crippen LogP contribution in [0.15, 0.2) is 35.9 Å². The van der Waals surface area contributed by atoms with E-state index < -0.39 is 11.6 Å². The second-order valence-corrected chi connectivity index (χ2v) is 10.7. The fourth-order valence-electron chi connectivity index (χ4n) is 5.89. The summed E-state index contributed by atoms with van der Waals surface area (Å²) in [5, 5.41) is 26.4. The summed E-state index contributed by atoms with van der Waals surface area (Å²) in [4.78, 5) is 21.8. The van der Waals surface area contributed by atoms with Crippen LogP contribution in [0.25, 0.3) is 5.78 Å². The number of carbonyl (C=O) groups excluding carboxylic acids is 1. The minimum atomic E-state index is -0.751. The number of aromatic nitrogens is 4. The van der Waals surface area contributed by atoms with Crippen LogP contribution in [0.2, 0.25) is 5.02 Å². The SMILES string of the molecule is CCc1cc(CCC2(C3CCCC3)CC(O)=C(Cc3nc4ncc(Cl)cn4n3)C(=O)O2)cc(CC)c1O. The highest BCUT2D eigenvalue weighted by atomic mass is 35.5. The summed E-state index contributed by atoms with van der Waals surface area (Å²) in [5.41, 5.74) is 2.44. The van der Waals surface area contributed by atoms with Crippen molar-refractivity contribution in [2.75, 3.05) is 0 Å². The molecule has 1 aliphatic carbocycles. The van der Waals surface area contributed by atoms with Crippen molar-refractivity contribution in [2.24, 2.45) is 5.92 Å². The zero-order valence-corrected chi connectivity index (χ0v) is 22.1. The van der Waals surface area contributed by atoms with Crippen molar-refractivity contribution in [2.45, 2.75) is 83.7 Å². The van der Waals surface area contributed by atoms with Gasteiger partial charge in [-0.05, 0) is 61.1 Å². The van der Waals surface area contributed by atoms with E-state index in [9.17, 15) is 15.0 Å². The largest absolute Gasteiger partial charge is 0.512 e. The summed E-state index contributed by atoms with van der Waals surface area (Å²) in [6.45, 7) is 4.07. The van der Waals surface area contributed by atoms with Gasteiger partial charge < -0.3 is 14.9 Å². The first kappa shape index (κ1) is 25.5. The molecule has 1 saturated carbocycles. The van der Waals surface area contributed by atoms with Gasteiger partial charge in [-0.25, -0.2) is 14.3 Å². The molecule has 1 unspecified atom stereocenters. The van der Waals surface area contributed by atoms with E-state index in [4.69, 9.17) is 16.3 Å². The topological polar surface area (TPSA) is 110 Å². The van der Waals surface area contributed by atoms with E-state index in [1.54, 1.807) is 6.20 Å². The number of esters is 1. The normalized spacial score (nSPS) is 20.7. The van der Waals surface area contributed by atoms with Crippen molar-refractivity contribution in [3.8, 4) is 5.75 Å². The lowest BCUT2D eigenvalue weighted by atomic mass is 9.76. The summed E-state index contributed by atoms with van der Waals surface area (Å²) in [5.74, 6) is 0.873. The zero-order valence-electron chi connectivity index (χ0n) is 21.3. The van der Waals surface area contributed by atoms with Crippen molar-refractivity contribution in [3.63, 3.8) is 0 Å². The van der Waals surface area contributed by atoms with E-state index in [-0.39, 0.29) is 30.1 Å². The second-order valence-electron chi connectivity index (χ2n) is 10.2. The highest BCUT2D eigenvalue weighted by Crippen LogP contribution is 2.46. The molecule has 1 aliphatic heterocycles. The molecule has 9 heteroatoms. The fourth-order valence-corrected chi connectivity index (χ4v) is 6.04. The van der Waals surface area contributed by atoms with Gasteiger partial charge in [-0.15, -0.1) is 5.10 Å². The van der Waals surface area contributed by atoms with Crippen LogP contribution in [0.3, 0.4) is 0 Å². The lowest BCUT2D eigenvalue weighted by Crippen LogP contribution is -2.46. The first-order chi connectivity index (χ1) is 17.8. The van der Waals surface area contributed by atoms with Crippen LogP contribution in [0.4, 0.5) is 0 Å². The average Bonchev–Trinajstić information content (AvgIpc) is 3.56. The number of aliphatic hydroxyl groups is 1. The molecule has 2 N–H and O–H groups in total. The molecule has 1 atom stereocenters. The van der Waals surface area contributed by atoms with Crippen molar-refractivity contribution in [3.05, 3.63) is 63.4 Å². The number of halogens is 1. The van der Waals surface area contributed by atoms with E-state index in [1.165, 1.54) is 10.7 Å². The molecule has 8 nitrogen and oxygen atoms in total. The second kappa shape index (κ2) is 10.3. The maximum absolute atomic E-state index is 13.3. The van der Waals surface area contributed by atoms with Crippen LogP contribution in [-0.4, -0.2) is 41.4 Å². The van der Waals surface area contributed by atoms with E-state index in [0.717, 1.165) is 55.2 Å². The molecule has 0 bridgehead atoms. The third-order valence-electron chi connectivity index (χ3n) is 7.92. The summed E-state index contributed by atoms with van der Waals surface area (Å²) < 4.78 is 7.72. The Morgan fingerprint density at radius 2 is 1.86 bits per heavy atom. The number of ether oxygens (including phenoxy) is 1. The number of hydrogen-bond acceptors (Lipinski definition) is 7. The molecular weight excluding hydrogens is 492 g/mol. The molecule has 2 aliphatic rings. The Hall–Kier alpha value is -3.13. The first-order valence-corrected chi connectivity index (χ1v) is 13.5. The lowest BCUT2D eigenvalue weighted by Gasteiger charge is -2.42. The smallest absolute Gasteiger partial charge is 0.338 e. The van der Waals surface area contributed by atoms with Crippen molar-refractivity contribution in [1.82, 2.24) is 19.6 Å². The van der Waals surface area contributed by atoms with Crippen molar-refractivity contribution < 1.29 is 19.7 Å². The molecule has 37 heavy (non-hydrogen) atoms. The van der Waals surface area contributed by atoms with Crippen LogP contribution in [0.5, 0.6) is 5.75 Å². The number of aromatic hydroxyl groups is 1. The predicted octanol–water partition coefficient (Wildman–Crippen LogP) is 5.47. The zero-order chi connectivity index (χ0) is 26.2. The Kier molecular flexibility index (Phi) is 7.12. The summed E-state index contributed by atoms with van der Waals surface area (Å²) in [6, 6.07) is 4.11. The van der Waals surface area contributed by atoms with Gasteiger partial charge in [-0.3, -0.25) is 0 Å². The maximum Gasteiger partial charge on any atom is 0.338 e. The Bertz CT molecular complexity index is 1340. The molecule has 3 aromatic rings. The van der Waals surface area contributed by atoms with Gasteiger partial charge in [-0.2, -0.15) is 4.98 Å².